The van der Waals surface area contributed by atoms with Crippen molar-refractivity contribution in [3.63, 3.8) is 0 Å². The zero-order valence-corrected chi connectivity index (χ0v) is 21.5. The van der Waals surface area contributed by atoms with E-state index in [9.17, 15) is 4.79 Å². The third-order valence-electron chi connectivity index (χ3n) is 7.98. The summed E-state index contributed by atoms with van der Waals surface area (Å²) in [6.45, 7) is 4.21. The van der Waals surface area contributed by atoms with E-state index >= 15 is 0 Å². The number of hydrogen-bond acceptors (Lipinski definition) is 6. The molecule has 0 aliphatic carbocycles. The maximum atomic E-state index is 10.8. The summed E-state index contributed by atoms with van der Waals surface area (Å²) in [5.74, 6) is 1.65. The quantitative estimate of drug-likeness (QED) is 0.490. The van der Waals surface area contributed by atoms with Gasteiger partial charge in [-0.25, -0.2) is 0 Å². The second-order valence-electron chi connectivity index (χ2n) is 10.1. The van der Waals surface area contributed by atoms with E-state index in [0.29, 0.717) is 19.0 Å². The first-order valence-corrected chi connectivity index (χ1v) is 13.4. The average Bonchev–Trinajstić information content (AvgIpc) is 3.18. The Balaban J connectivity index is 1.17. The number of allylic oxidation sites excluding steroid dienone is 1. The van der Waals surface area contributed by atoms with Crippen molar-refractivity contribution in [1.29, 1.82) is 0 Å². The Kier molecular flexibility index (Phi) is 6.89. The SMILES string of the molecule is O=CCOc1ccc2c(c1)/C(=C/CCN1CCC3(CC1)OCc1cc(Cl)ccc13)C1C=CC=NC1CO2. The molecular weight excluding hydrogens is 488 g/mol. The number of likely N-dealkylation sites (tertiary alicyclic amines) is 1. The minimum absolute atomic E-state index is 0.0343. The Morgan fingerprint density at radius 1 is 1.19 bits per heavy atom. The van der Waals surface area contributed by atoms with E-state index in [1.165, 1.54) is 16.7 Å². The van der Waals surface area contributed by atoms with Gasteiger partial charge in [0.25, 0.3) is 0 Å². The molecule has 192 valence electrons. The van der Waals surface area contributed by atoms with Crippen molar-refractivity contribution in [2.75, 3.05) is 32.8 Å². The molecule has 7 heteroatoms. The first kappa shape index (κ1) is 24.4. The molecule has 2 unspecified atom stereocenters. The van der Waals surface area contributed by atoms with E-state index in [4.69, 9.17) is 30.8 Å². The van der Waals surface area contributed by atoms with Gasteiger partial charge in [-0.3, -0.25) is 9.79 Å². The number of aliphatic imine (C=N–C) groups is 1. The number of aldehydes is 1. The number of fused-ring (bicyclic) bond motifs is 4. The molecule has 6 rings (SSSR count). The standard InChI is InChI=1S/C30H31ClN2O4/c31-22-5-7-27-21(17-22)19-37-30(27)9-13-33(14-10-30)12-2-4-24-25-3-1-11-32-28(25)20-36-29-8-6-23(18-26(24)29)35-16-15-34/h1,3-8,11,15,17-18,25,28H,2,9-10,12-14,16,19-20H2/b24-4+. The maximum absolute atomic E-state index is 10.8. The molecule has 0 saturated carbocycles. The molecular formula is C30H31ClN2O4. The van der Waals surface area contributed by atoms with E-state index < -0.39 is 0 Å². The lowest BCUT2D eigenvalue weighted by atomic mass is 9.83. The number of dihydropyridines is 1. The summed E-state index contributed by atoms with van der Waals surface area (Å²) < 4.78 is 18.1. The van der Waals surface area contributed by atoms with Crippen LogP contribution in [0.5, 0.6) is 11.5 Å². The molecule has 4 heterocycles. The molecule has 4 aliphatic heterocycles. The average molecular weight is 519 g/mol. The van der Waals surface area contributed by atoms with Gasteiger partial charge >= 0.3 is 0 Å². The fourth-order valence-corrected chi connectivity index (χ4v) is 6.26. The molecule has 37 heavy (non-hydrogen) atoms. The van der Waals surface area contributed by atoms with Crippen molar-refractivity contribution < 1.29 is 19.0 Å². The van der Waals surface area contributed by atoms with Crippen LogP contribution in [0.1, 0.15) is 36.0 Å². The van der Waals surface area contributed by atoms with Crippen molar-refractivity contribution in [3.05, 3.63) is 76.3 Å². The Morgan fingerprint density at radius 3 is 2.95 bits per heavy atom. The zero-order valence-electron chi connectivity index (χ0n) is 20.8. The normalized spacial score (nSPS) is 24.7. The highest BCUT2D eigenvalue weighted by Gasteiger charge is 2.42. The van der Waals surface area contributed by atoms with Crippen molar-refractivity contribution in [2.24, 2.45) is 10.9 Å². The molecule has 0 radical (unpaired) electrons. The molecule has 0 bridgehead atoms. The molecule has 0 aromatic heterocycles. The van der Waals surface area contributed by atoms with Gasteiger partial charge in [-0.05, 0) is 72.4 Å². The Bertz CT molecular complexity index is 1260. The molecule has 1 saturated heterocycles. The smallest absolute Gasteiger partial charge is 0.157 e. The van der Waals surface area contributed by atoms with E-state index in [1.807, 2.05) is 42.6 Å². The Hall–Kier alpha value is -2.93. The fourth-order valence-electron chi connectivity index (χ4n) is 6.06. The first-order chi connectivity index (χ1) is 18.1. The number of rotatable bonds is 6. The van der Waals surface area contributed by atoms with Crippen LogP contribution in [0.15, 0.2) is 59.6 Å². The van der Waals surface area contributed by atoms with E-state index in [0.717, 1.165) is 61.5 Å². The Morgan fingerprint density at radius 2 is 2.08 bits per heavy atom. The predicted octanol–water partition coefficient (Wildman–Crippen LogP) is 5.23. The fraction of sp³-hybridized carbons (Fsp3) is 0.400. The molecule has 2 aromatic carbocycles. The molecule has 4 aliphatic rings. The summed E-state index contributed by atoms with van der Waals surface area (Å²) in [5, 5.41) is 0.776. The third-order valence-corrected chi connectivity index (χ3v) is 8.22. The zero-order chi connectivity index (χ0) is 25.2. The molecule has 2 atom stereocenters. The lowest BCUT2D eigenvalue weighted by Gasteiger charge is -2.39. The van der Waals surface area contributed by atoms with E-state index in [2.05, 4.69) is 23.1 Å². The highest BCUT2D eigenvalue weighted by atomic mass is 35.5. The van der Waals surface area contributed by atoms with Crippen LogP contribution >= 0.6 is 11.6 Å². The highest BCUT2D eigenvalue weighted by molar-refractivity contribution is 6.30. The summed E-state index contributed by atoms with van der Waals surface area (Å²) in [4.78, 5) is 18.0. The summed E-state index contributed by atoms with van der Waals surface area (Å²) in [6.07, 6.45) is 12.1. The topological polar surface area (TPSA) is 60.4 Å². The lowest BCUT2D eigenvalue weighted by molar-refractivity contribution is -0.109. The van der Waals surface area contributed by atoms with Crippen LogP contribution in [0.2, 0.25) is 5.02 Å². The minimum Gasteiger partial charge on any atom is -0.491 e. The monoisotopic (exact) mass is 518 g/mol. The van der Waals surface area contributed by atoms with Crippen LogP contribution in [-0.2, 0) is 21.7 Å². The number of hydrogen-bond donors (Lipinski definition) is 0. The van der Waals surface area contributed by atoms with Gasteiger partial charge in [0, 0.05) is 42.4 Å². The summed E-state index contributed by atoms with van der Waals surface area (Å²) in [5.41, 5.74) is 4.61. The largest absolute Gasteiger partial charge is 0.491 e. The first-order valence-electron chi connectivity index (χ1n) is 13.0. The van der Waals surface area contributed by atoms with Gasteiger partial charge in [0.1, 0.15) is 24.7 Å². The van der Waals surface area contributed by atoms with Crippen LogP contribution in [0.25, 0.3) is 5.57 Å². The van der Waals surface area contributed by atoms with Gasteiger partial charge in [-0.2, -0.15) is 0 Å². The molecule has 6 nitrogen and oxygen atoms in total. The number of halogens is 1. The summed E-state index contributed by atoms with van der Waals surface area (Å²) in [6, 6.07) is 12.0. The van der Waals surface area contributed by atoms with Crippen molar-refractivity contribution in [3.8, 4) is 11.5 Å². The molecule has 1 fully saturated rings. The molecule has 0 N–H and O–H groups in total. The van der Waals surface area contributed by atoms with Gasteiger partial charge in [-0.1, -0.05) is 29.8 Å². The van der Waals surface area contributed by atoms with Crippen molar-refractivity contribution >= 4 is 29.7 Å². The van der Waals surface area contributed by atoms with Crippen molar-refractivity contribution in [1.82, 2.24) is 4.90 Å². The van der Waals surface area contributed by atoms with Gasteiger partial charge < -0.3 is 19.1 Å². The number of carbonyl (C=O) groups excluding carboxylic acids is 1. The number of ether oxygens (including phenoxy) is 3. The lowest BCUT2D eigenvalue weighted by Crippen LogP contribution is -2.42. The maximum Gasteiger partial charge on any atom is 0.157 e. The van der Waals surface area contributed by atoms with Crippen molar-refractivity contribution in [2.45, 2.75) is 37.5 Å². The van der Waals surface area contributed by atoms with Gasteiger partial charge in [0.15, 0.2) is 6.29 Å². The molecule has 1 spiro atoms. The molecule has 0 amide bonds. The summed E-state index contributed by atoms with van der Waals surface area (Å²) >= 11 is 6.20. The highest BCUT2D eigenvalue weighted by Crippen LogP contribution is 2.45. The van der Waals surface area contributed by atoms with Gasteiger partial charge in [-0.15, -0.1) is 0 Å². The van der Waals surface area contributed by atoms with Gasteiger partial charge in [0.2, 0.25) is 0 Å². The minimum atomic E-state index is -0.164. The van der Waals surface area contributed by atoms with Crippen LogP contribution in [0, 0.1) is 5.92 Å². The van der Waals surface area contributed by atoms with Crippen LogP contribution in [0.3, 0.4) is 0 Å². The number of carbonyl (C=O) groups is 1. The Labute approximate surface area is 222 Å². The summed E-state index contributed by atoms with van der Waals surface area (Å²) in [7, 11) is 0. The second-order valence-corrected chi connectivity index (χ2v) is 10.5. The number of piperidine rings is 1. The van der Waals surface area contributed by atoms with Gasteiger partial charge in [0.05, 0.1) is 18.2 Å². The van der Waals surface area contributed by atoms with Crippen LogP contribution < -0.4 is 9.47 Å². The predicted molar refractivity (Wildman–Crippen MR) is 145 cm³/mol. The van der Waals surface area contributed by atoms with Crippen LogP contribution in [-0.4, -0.2) is 56.3 Å². The van der Waals surface area contributed by atoms with Crippen LogP contribution in [0.4, 0.5) is 0 Å². The molecule has 2 aromatic rings. The van der Waals surface area contributed by atoms with E-state index in [-0.39, 0.29) is 24.2 Å². The van der Waals surface area contributed by atoms with E-state index in [1.54, 1.807) is 0 Å². The second kappa shape index (κ2) is 10.4. The number of nitrogens with zero attached hydrogens (tertiary/aromatic N) is 2. The third kappa shape index (κ3) is 4.86. The number of benzene rings is 2.